The smallest absolute Gasteiger partial charge is 0.273 e. The number of carbonyl (C=O) groups excluding carboxylic acids is 1. The number of nitrogens with one attached hydrogen (secondary N) is 1. The minimum Gasteiger partial charge on any atom is -0.497 e. The topological polar surface area (TPSA) is 73.6 Å². The molecule has 112 valence electrons. The van der Waals surface area contributed by atoms with E-state index in [0.29, 0.717) is 12.4 Å². The Morgan fingerprint density at radius 3 is 2.67 bits per heavy atom. The number of methoxy groups -OCH3 is 2. The van der Waals surface area contributed by atoms with Gasteiger partial charge in [-0.2, -0.15) is 0 Å². The maximum absolute atomic E-state index is 12.0. The van der Waals surface area contributed by atoms with Gasteiger partial charge in [0.2, 0.25) is 0 Å². The molecule has 0 saturated heterocycles. The van der Waals surface area contributed by atoms with Crippen molar-refractivity contribution in [3.05, 3.63) is 36.0 Å². The molecule has 6 nitrogen and oxygen atoms in total. The van der Waals surface area contributed by atoms with E-state index >= 15 is 0 Å². The lowest BCUT2D eigenvalue weighted by molar-refractivity contribution is 0.0896. The van der Waals surface area contributed by atoms with Crippen LogP contribution in [0.3, 0.4) is 0 Å². The molecule has 1 heterocycles. The number of aromatic nitrogens is 1. The van der Waals surface area contributed by atoms with Gasteiger partial charge in [0.25, 0.3) is 5.91 Å². The molecular formula is C15H18N2O4. The highest BCUT2D eigenvalue weighted by atomic mass is 16.5. The number of nitrogens with zero attached hydrogens (tertiary/aromatic N) is 1. The number of hydrogen-bond acceptors (Lipinski definition) is 5. The standard InChI is InChI=1S/C15H18N2O4/c1-10(9-19-2)16-15(18)13-8-14(21-17-13)11-4-6-12(20-3)7-5-11/h4-8,10H,9H2,1-3H3,(H,16,18). The summed E-state index contributed by atoms with van der Waals surface area (Å²) < 4.78 is 15.3. The molecule has 0 spiro atoms. The van der Waals surface area contributed by atoms with Gasteiger partial charge in [-0.1, -0.05) is 5.16 Å². The maximum atomic E-state index is 12.0. The average molecular weight is 290 g/mol. The number of rotatable bonds is 6. The van der Waals surface area contributed by atoms with Crippen LogP contribution < -0.4 is 10.1 Å². The van der Waals surface area contributed by atoms with E-state index in [1.807, 2.05) is 31.2 Å². The van der Waals surface area contributed by atoms with E-state index < -0.39 is 0 Å². The van der Waals surface area contributed by atoms with Gasteiger partial charge in [-0.3, -0.25) is 4.79 Å². The Bertz CT molecular complexity index is 592. The van der Waals surface area contributed by atoms with Crippen LogP contribution in [-0.2, 0) is 4.74 Å². The van der Waals surface area contributed by atoms with Gasteiger partial charge in [0, 0.05) is 24.8 Å². The molecule has 0 aliphatic heterocycles. The summed E-state index contributed by atoms with van der Waals surface area (Å²) in [5.41, 5.74) is 1.07. The molecule has 1 N–H and O–H groups in total. The average Bonchev–Trinajstić information content (AvgIpc) is 2.97. The van der Waals surface area contributed by atoms with E-state index in [9.17, 15) is 4.79 Å². The molecule has 0 bridgehead atoms. The van der Waals surface area contributed by atoms with Crippen LogP contribution in [0.5, 0.6) is 5.75 Å². The minimum atomic E-state index is -0.289. The van der Waals surface area contributed by atoms with Crippen molar-refractivity contribution in [3.8, 4) is 17.1 Å². The normalized spacial score (nSPS) is 12.0. The van der Waals surface area contributed by atoms with E-state index in [-0.39, 0.29) is 17.6 Å². The number of carbonyl (C=O) groups is 1. The molecule has 2 aromatic rings. The molecular weight excluding hydrogens is 272 g/mol. The van der Waals surface area contributed by atoms with Crippen LogP contribution in [0.1, 0.15) is 17.4 Å². The molecule has 0 fully saturated rings. The van der Waals surface area contributed by atoms with Gasteiger partial charge in [-0.15, -0.1) is 0 Å². The van der Waals surface area contributed by atoms with E-state index in [0.717, 1.165) is 11.3 Å². The van der Waals surface area contributed by atoms with Gasteiger partial charge in [-0.25, -0.2) is 0 Å². The minimum absolute atomic E-state index is 0.0939. The summed E-state index contributed by atoms with van der Waals surface area (Å²) in [5.74, 6) is 0.995. The Hall–Kier alpha value is -2.34. The molecule has 2 rings (SSSR count). The molecule has 1 aromatic carbocycles. The zero-order valence-corrected chi connectivity index (χ0v) is 12.3. The molecule has 0 aliphatic rings. The van der Waals surface area contributed by atoms with Crippen molar-refractivity contribution in [3.63, 3.8) is 0 Å². The molecule has 1 unspecified atom stereocenters. The van der Waals surface area contributed by atoms with Crippen LogP contribution in [0.4, 0.5) is 0 Å². The Morgan fingerprint density at radius 2 is 2.05 bits per heavy atom. The fraction of sp³-hybridized carbons (Fsp3) is 0.333. The number of benzene rings is 1. The quantitative estimate of drug-likeness (QED) is 0.882. The first kappa shape index (κ1) is 15.1. The predicted molar refractivity (Wildman–Crippen MR) is 77.3 cm³/mol. The highest BCUT2D eigenvalue weighted by Gasteiger charge is 2.15. The zero-order chi connectivity index (χ0) is 15.2. The summed E-state index contributed by atoms with van der Waals surface area (Å²) >= 11 is 0. The Morgan fingerprint density at radius 1 is 1.33 bits per heavy atom. The Balaban J connectivity index is 2.08. The molecule has 21 heavy (non-hydrogen) atoms. The van der Waals surface area contributed by atoms with Gasteiger partial charge in [0.1, 0.15) is 5.75 Å². The second-order valence-electron chi connectivity index (χ2n) is 4.63. The van der Waals surface area contributed by atoms with Gasteiger partial charge < -0.3 is 19.3 Å². The van der Waals surface area contributed by atoms with Gasteiger partial charge in [0.15, 0.2) is 11.5 Å². The lowest BCUT2D eigenvalue weighted by Gasteiger charge is -2.10. The van der Waals surface area contributed by atoms with Crippen molar-refractivity contribution in [1.29, 1.82) is 0 Å². The maximum Gasteiger partial charge on any atom is 0.273 e. The van der Waals surface area contributed by atoms with Crippen molar-refractivity contribution in [2.75, 3.05) is 20.8 Å². The van der Waals surface area contributed by atoms with Gasteiger partial charge in [0.05, 0.1) is 13.7 Å². The van der Waals surface area contributed by atoms with Crippen LogP contribution >= 0.6 is 0 Å². The van der Waals surface area contributed by atoms with Crippen molar-refractivity contribution in [1.82, 2.24) is 10.5 Å². The Kier molecular flexibility index (Phi) is 4.94. The summed E-state index contributed by atoms with van der Waals surface area (Å²) in [6.45, 7) is 2.29. The summed E-state index contributed by atoms with van der Waals surface area (Å²) in [4.78, 5) is 12.0. The largest absolute Gasteiger partial charge is 0.497 e. The zero-order valence-electron chi connectivity index (χ0n) is 12.3. The molecule has 0 aliphatic carbocycles. The first-order valence-corrected chi connectivity index (χ1v) is 6.55. The van der Waals surface area contributed by atoms with Crippen LogP contribution in [0.25, 0.3) is 11.3 Å². The van der Waals surface area contributed by atoms with Gasteiger partial charge >= 0.3 is 0 Å². The SMILES string of the molecule is COCC(C)NC(=O)c1cc(-c2ccc(OC)cc2)on1. The highest BCUT2D eigenvalue weighted by Crippen LogP contribution is 2.23. The number of hydrogen-bond donors (Lipinski definition) is 1. The molecule has 0 saturated carbocycles. The summed E-state index contributed by atoms with van der Waals surface area (Å²) in [6, 6.07) is 8.83. The summed E-state index contributed by atoms with van der Waals surface area (Å²) in [7, 11) is 3.19. The van der Waals surface area contributed by atoms with Crippen LogP contribution in [0.2, 0.25) is 0 Å². The monoisotopic (exact) mass is 290 g/mol. The van der Waals surface area contributed by atoms with Crippen LogP contribution in [0, 0.1) is 0 Å². The first-order valence-electron chi connectivity index (χ1n) is 6.55. The van der Waals surface area contributed by atoms with Crippen molar-refractivity contribution in [2.24, 2.45) is 0 Å². The van der Waals surface area contributed by atoms with Crippen molar-refractivity contribution in [2.45, 2.75) is 13.0 Å². The fourth-order valence-electron chi connectivity index (χ4n) is 1.86. The van der Waals surface area contributed by atoms with Crippen LogP contribution in [-0.4, -0.2) is 37.9 Å². The third kappa shape index (κ3) is 3.82. The summed E-state index contributed by atoms with van der Waals surface area (Å²) in [5, 5.41) is 6.56. The van der Waals surface area contributed by atoms with Crippen molar-refractivity contribution < 1.29 is 18.8 Å². The third-order valence-corrected chi connectivity index (χ3v) is 2.91. The molecule has 1 amide bonds. The molecule has 6 heteroatoms. The fourth-order valence-corrected chi connectivity index (χ4v) is 1.86. The highest BCUT2D eigenvalue weighted by molar-refractivity contribution is 5.93. The first-order chi connectivity index (χ1) is 10.1. The summed E-state index contributed by atoms with van der Waals surface area (Å²) in [6.07, 6.45) is 0. The Labute approximate surface area is 123 Å². The lowest BCUT2D eigenvalue weighted by Crippen LogP contribution is -2.35. The number of amides is 1. The molecule has 0 radical (unpaired) electrons. The van der Waals surface area contributed by atoms with E-state index in [4.69, 9.17) is 14.0 Å². The lowest BCUT2D eigenvalue weighted by atomic mass is 10.1. The predicted octanol–water partition coefficient (Wildman–Crippen LogP) is 2.11. The van der Waals surface area contributed by atoms with E-state index in [1.54, 1.807) is 20.3 Å². The molecule has 1 atom stereocenters. The van der Waals surface area contributed by atoms with Crippen molar-refractivity contribution >= 4 is 5.91 Å². The second kappa shape index (κ2) is 6.90. The molecule has 1 aromatic heterocycles. The number of ether oxygens (including phenoxy) is 2. The van der Waals surface area contributed by atoms with Crippen LogP contribution in [0.15, 0.2) is 34.9 Å². The third-order valence-electron chi connectivity index (χ3n) is 2.91. The van der Waals surface area contributed by atoms with E-state index in [2.05, 4.69) is 10.5 Å². The van der Waals surface area contributed by atoms with Gasteiger partial charge in [-0.05, 0) is 31.2 Å². The van der Waals surface area contributed by atoms with E-state index in [1.165, 1.54) is 0 Å². The second-order valence-corrected chi connectivity index (χ2v) is 4.63.